The summed E-state index contributed by atoms with van der Waals surface area (Å²) in [5.41, 5.74) is 0. The number of rotatable bonds is 12. The van der Waals surface area contributed by atoms with E-state index >= 15 is 0 Å². The van der Waals surface area contributed by atoms with Crippen molar-refractivity contribution in [3.8, 4) is 0 Å². The van der Waals surface area contributed by atoms with E-state index in [1.165, 1.54) is 38.5 Å². The van der Waals surface area contributed by atoms with Gasteiger partial charge in [0.1, 0.15) is 10.0 Å². The summed E-state index contributed by atoms with van der Waals surface area (Å²) >= 11 is 14.1. The van der Waals surface area contributed by atoms with Crippen LogP contribution in [0.15, 0.2) is 0 Å². The van der Waals surface area contributed by atoms with Crippen molar-refractivity contribution in [1.82, 2.24) is 0 Å². The fraction of sp³-hybridized carbons (Fsp3) is 1.00. The fourth-order valence-electron chi connectivity index (χ4n) is 1.45. The molecule has 104 valence electrons. The molecule has 2 atom stereocenters. The van der Waals surface area contributed by atoms with Gasteiger partial charge in [0.2, 0.25) is 0 Å². The maximum absolute atomic E-state index is 5.82. The van der Waals surface area contributed by atoms with Crippen molar-refractivity contribution in [2.75, 3.05) is 10.7 Å². The Morgan fingerprint density at radius 3 is 1.41 bits per heavy atom. The first-order valence-corrected chi connectivity index (χ1v) is 10.3. The van der Waals surface area contributed by atoms with Gasteiger partial charge in [0.15, 0.2) is 0 Å². The Kier molecular flexibility index (Phi) is 15.9. The molecule has 17 heavy (non-hydrogen) atoms. The van der Waals surface area contributed by atoms with Crippen molar-refractivity contribution in [2.24, 2.45) is 0 Å². The summed E-state index contributed by atoms with van der Waals surface area (Å²) in [5.74, 6) is 0. The zero-order chi connectivity index (χ0) is 12.9. The Morgan fingerprint density at radius 1 is 0.647 bits per heavy atom. The SMILES string of the molecule is BrCCCCCC(Br)OC(Br)CCCCCBr. The summed E-state index contributed by atoms with van der Waals surface area (Å²) in [6.45, 7) is 0. The van der Waals surface area contributed by atoms with E-state index in [-0.39, 0.29) is 10.0 Å². The molecule has 0 aromatic heterocycles. The standard InChI is InChI=1S/C12H22Br4O/c13-9-5-1-3-7-11(15)17-12(16)8-4-2-6-10-14/h11-12H,1-10H2. The van der Waals surface area contributed by atoms with Gasteiger partial charge in [-0.25, -0.2) is 0 Å². The average molecular weight is 502 g/mol. The molecule has 0 aliphatic carbocycles. The third kappa shape index (κ3) is 14.1. The van der Waals surface area contributed by atoms with Gasteiger partial charge in [0.25, 0.3) is 0 Å². The lowest BCUT2D eigenvalue weighted by atomic mass is 10.2. The Bertz CT molecular complexity index is 141. The van der Waals surface area contributed by atoms with Crippen molar-refractivity contribution in [3.63, 3.8) is 0 Å². The van der Waals surface area contributed by atoms with Crippen LogP contribution in [0.5, 0.6) is 0 Å². The molecule has 0 radical (unpaired) electrons. The van der Waals surface area contributed by atoms with Gasteiger partial charge >= 0.3 is 0 Å². The number of unbranched alkanes of at least 4 members (excludes halogenated alkanes) is 4. The van der Waals surface area contributed by atoms with E-state index in [1.54, 1.807) is 0 Å². The Labute approximate surface area is 139 Å². The smallest absolute Gasteiger partial charge is 0.114 e. The predicted octanol–water partition coefficient (Wildman–Crippen LogP) is 6.36. The molecule has 2 unspecified atom stereocenters. The fourth-order valence-corrected chi connectivity index (χ4v) is 3.70. The molecule has 0 rings (SSSR count). The van der Waals surface area contributed by atoms with Gasteiger partial charge in [0, 0.05) is 10.7 Å². The topological polar surface area (TPSA) is 9.23 Å². The van der Waals surface area contributed by atoms with Crippen molar-refractivity contribution in [1.29, 1.82) is 0 Å². The summed E-state index contributed by atoms with van der Waals surface area (Å²) in [4.78, 5) is 0. The molecule has 0 saturated heterocycles. The summed E-state index contributed by atoms with van der Waals surface area (Å²) in [6, 6.07) is 0. The molecule has 0 N–H and O–H groups in total. The van der Waals surface area contributed by atoms with Crippen LogP contribution in [-0.4, -0.2) is 20.7 Å². The molecule has 0 aliphatic rings. The first-order valence-electron chi connectivity index (χ1n) is 6.26. The zero-order valence-electron chi connectivity index (χ0n) is 10.1. The van der Waals surface area contributed by atoms with Gasteiger partial charge in [-0.1, -0.05) is 76.6 Å². The second-order valence-corrected chi connectivity index (χ2v) is 7.66. The zero-order valence-corrected chi connectivity index (χ0v) is 16.5. The van der Waals surface area contributed by atoms with E-state index in [9.17, 15) is 0 Å². The molecule has 0 amide bonds. The first-order chi connectivity index (χ1) is 8.20. The van der Waals surface area contributed by atoms with Crippen molar-refractivity contribution >= 4 is 63.7 Å². The van der Waals surface area contributed by atoms with Crippen molar-refractivity contribution < 1.29 is 4.74 Å². The average Bonchev–Trinajstić information content (AvgIpc) is 2.30. The third-order valence-corrected chi connectivity index (χ3v) is 4.89. The van der Waals surface area contributed by atoms with Gasteiger partial charge in [-0.2, -0.15) is 0 Å². The van der Waals surface area contributed by atoms with Crippen molar-refractivity contribution in [3.05, 3.63) is 0 Å². The highest BCUT2D eigenvalue weighted by atomic mass is 79.9. The highest BCUT2D eigenvalue weighted by molar-refractivity contribution is 9.10. The molecule has 0 heterocycles. The lowest BCUT2D eigenvalue weighted by molar-refractivity contribution is 0.0870. The highest BCUT2D eigenvalue weighted by Crippen LogP contribution is 2.20. The van der Waals surface area contributed by atoms with Crippen LogP contribution in [0.3, 0.4) is 0 Å². The lowest BCUT2D eigenvalue weighted by Gasteiger charge is -2.16. The minimum atomic E-state index is 0.193. The summed E-state index contributed by atoms with van der Waals surface area (Å²) in [6.07, 6.45) is 9.69. The van der Waals surface area contributed by atoms with Gasteiger partial charge in [0.05, 0.1) is 0 Å². The molecule has 0 aromatic carbocycles. The quantitative estimate of drug-likeness (QED) is 0.223. The van der Waals surface area contributed by atoms with E-state index in [4.69, 9.17) is 4.74 Å². The van der Waals surface area contributed by atoms with Crippen molar-refractivity contribution in [2.45, 2.75) is 61.4 Å². The minimum absolute atomic E-state index is 0.193. The van der Waals surface area contributed by atoms with Crippen LogP contribution in [0.2, 0.25) is 0 Å². The number of hydrogen-bond donors (Lipinski definition) is 0. The van der Waals surface area contributed by atoms with E-state index in [2.05, 4.69) is 63.7 Å². The first kappa shape index (κ1) is 18.9. The van der Waals surface area contributed by atoms with Gasteiger partial charge in [-0.3, -0.25) is 0 Å². The lowest BCUT2D eigenvalue weighted by Crippen LogP contribution is -2.12. The third-order valence-electron chi connectivity index (χ3n) is 2.42. The van der Waals surface area contributed by atoms with Crippen LogP contribution in [0.4, 0.5) is 0 Å². The van der Waals surface area contributed by atoms with E-state index in [0.29, 0.717) is 0 Å². The van der Waals surface area contributed by atoms with Crippen LogP contribution in [-0.2, 0) is 4.74 Å². The van der Waals surface area contributed by atoms with Gasteiger partial charge < -0.3 is 4.74 Å². The van der Waals surface area contributed by atoms with E-state index < -0.39 is 0 Å². The highest BCUT2D eigenvalue weighted by Gasteiger charge is 2.10. The monoisotopic (exact) mass is 498 g/mol. The minimum Gasteiger partial charge on any atom is -0.353 e. The van der Waals surface area contributed by atoms with Crippen LogP contribution >= 0.6 is 63.7 Å². The molecule has 5 heteroatoms. The largest absolute Gasteiger partial charge is 0.353 e. The molecule has 0 fully saturated rings. The van der Waals surface area contributed by atoms with Crippen LogP contribution in [0, 0.1) is 0 Å². The molecular formula is C12H22Br4O. The molecule has 1 nitrogen and oxygen atoms in total. The van der Waals surface area contributed by atoms with Crippen LogP contribution in [0.1, 0.15) is 51.4 Å². The van der Waals surface area contributed by atoms with E-state index in [1.807, 2.05) is 0 Å². The Hall–Kier alpha value is 1.88. The number of halogens is 4. The molecule has 0 aromatic rings. The molecule has 0 bridgehead atoms. The number of ether oxygens (including phenoxy) is 1. The van der Waals surface area contributed by atoms with Crippen LogP contribution in [0.25, 0.3) is 0 Å². The normalized spacial score (nSPS) is 14.8. The van der Waals surface area contributed by atoms with Gasteiger partial charge in [-0.05, 0) is 38.5 Å². The summed E-state index contributed by atoms with van der Waals surface area (Å²) in [7, 11) is 0. The molecule has 0 spiro atoms. The van der Waals surface area contributed by atoms with Crippen LogP contribution < -0.4 is 0 Å². The second kappa shape index (κ2) is 14.3. The molecule has 0 saturated carbocycles. The Morgan fingerprint density at radius 2 is 1.06 bits per heavy atom. The maximum atomic E-state index is 5.82. The Balaban J connectivity index is 3.35. The van der Waals surface area contributed by atoms with E-state index in [0.717, 1.165) is 23.5 Å². The molecule has 0 aliphatic heterocycles. The summed E-state index contributed by atoms with van der Waals surface area (Å²) < 4.78 is 5.82. The maximum Gasteiger partial charge on any atom is 0.114 e. The number of hydrogen-bond acceptors (Lipinski definition) is 1. The number of alkyl halides is 4. The predicted molar refractivity (Wildman–Crippen MR) is 91.0 cm³/mol. The molecular weight excluding hydrogens is 480 g/mol. The second-order valence-electron chi connectivity index (χ2n) is 4.03. The van der Waals surface area contributed by atoms with Gasteiger partial charge in [-0.15, -0.1) is 0 Å². The summed E-state index contributed by atoms with van der Waals surface area (Å²) in [5, 5.41) is 2.60.